The molecule has 0 saturated heterocycles. The molecule has 0 radical (unpaired) electrons. The Kier molecular flexibility index (Phi) is 5.25. The van der Waals surface area contributed by atoms with E-state index in [2.05, 4.69) is 0 Å². The van der Waals surface area contributed by atoms with Gasteiger partial charge in [0, 0.05) is 13.6 Å². The van der Waals surface area contributed by atoms with E-state index >= 15 is 0 Å². The standard InChI is InChI=1S/C15H13F3N2O3S/c1-20(8-9-2-4-10(5-3-9)15(16,17)18)14(22)12-7-6-11(24-12)13(21)19-23/h2-7,23H,8H2,1H3,(H,19,21). The molecule has 2 rings (SSSR count). The van der Waals surface area contributed by atoms with Crippen molar-refractivity contribution in [1.29, 1.82) is 0 Å². The second kappa shape index (κ2) is 7.02. The number of benzene rings is 1. The Morgan fingerprint density at radius 2 is 1.71 bits per heavy atom. The van der Waals surface area contributed by atoms with E-state index in [1.165, 1.54) is 41.7 Å². The summed E-state index contributed by atoms with van der Waals surface area (Å²) in [5.41, 5.74) is 1.27. The molecule has 24 heavy (non-hydrogen) atoms. The largest absolute Gasteiger partial charge is 0.416 e. The Morgan fingerprint density at radius 3 is 2.25 bits per heavy atom. The predicted molar refractivity (Wildman–Crippen MR) is 80.8 cm³/mol. The average molecular weight is 358 g/mol. The number of hydrogen-bond donors (Lipinski definition) is 2. The minimum absolute atomic E-state index is 0.121. The van der Waals surface area contributed by atoms with Crippen molar-refractivity contribution in [3.05, 3.63) is 57.3 Å². The minimum atomic E-state index is -4.40. The molecule has 1 aromatic carbocycles. The Balaban J connectivity index is 2.06. The van der Waals surface area contributed by atoms with Crippen molar-refractivity contribution in [3.63, 3.8) is 0 Å². The third kappa shape index (κ3) is 4.12. The first-order chi connectivity index (χ1) is 11.2. The summed E-state index contributed by atoms with van der Waals surface area (Å²) in [6.07, 6.45) is -4.40. The van der Waals surface area contributed by atoms with Gasteiger partial charge in [-0.2, -0.15) is 13.2 Å². The highest BCUT2D eigenvalue weighted by Crippen LogP contribution is 2.29. The second-order valence-electron chi connectivity index (χ2n) is 4.96. The van der Waals surface area contributed by atoms with Gasteiger partial charge in [0.15, 0.2) is 0 Å². The molecule has 0 fully saturated rings. The van der Waals surface area contributed by atoms with Gasteiger partial charge in [0.1, 0.15) is 0 Å². The van der Waals surface area contributed by atoms with Crippen LogP contribution in [0.1, 0.15) is 30.5 Å². The first-order valence-electron chi connectivity index (χ1n) is 6.68. The van der Waals surface area contributed by atoms with Crippen LogP contribution in [0.3, 0.4) is 0 Å². The third-order valence-electron chi connectivity index (χ3n) is 3.19. The zero-order valence-electron chi connectivity index (χ0n) is 12.4. The van der Waals surface area contributed by atoms with Crippen LogP contribution in [0.2, 0.25) is 0 Å². The summed E-state index contributed by atoms with van der Waals surface area (Å²) in [7, 11) is 1.51. The van der Waals surface area contributed by atoms with E-state index in [4.69, 9.17) is 5.21 Å². The van der Waals surface area contributed by atoms with E-state index in [0.717, 1.165) is 23.5 Å². The lowest BCUT2D eigenvalue weighted by atomic mass is 10.1. The van der Waals surface area contributed by atoms with Crippen LogP contribution in [0, 0.1) is 0 Å². The highest BCUT2D eigenvalue weighted by atomic mass is 32.1. The van der Waals surface area contributed by atoms with Crippen molar-refractivity contribution in [3.8, 4) is 0 Å². The second-order valence-corrected chi connectivity index (χ2v) is 6.04. The highest BCUT2D eigenvalue weighted by Gasteiger charge is 2.30. The van der Waals surface area contributed by atoms with Gasteiger partial charge in [-0.15, -0.1) is 11.3 Å². The minimum Gasteiger partial charge on any atom is -0.337 e. The first-order valence-corrected chi connectivity index (χ1v) is 7.50. The number of thiophene rings is 1. The number of amides is 2. The summed E-state index contributed by atoms with van der Waals surface area (Å²) < 4.78 is 37.5. The molecule has 0 aliphatic rings. The molecule has 2 amide bonds. The lowest BCUT2D eigenvalue weighted by Crippen LogP contribution is -2.25. The molecule has 0 aliphatic heterocycles. The topological polar surface area (TPSA) is 69.6 Å². The lowest BCUT2D eigenvalue weighted by Gasteiger charge is -2.17. The molecule has 0 atom stereocenters. The molecule has 0 aliphatic carbocycles. The van der Waals surface area contributed by atoms with E-state index in [9.17, 15) is 22.8 Å². The molecule has 9 heteroatoms. The van der Waals surface area contributed by atoms with Crippen molar-refractivity contribution < 1.29 is 28.0 Å². The summed E-state index contributed by atoms with van der Waals surface area (Å²) in [6, 6.07) is 7.39. The normalized spacial score (nSPS) is 11.2. The van der Waals surface area contributed by atoms with Crippen LogP contribution in [0.25, 0.3) is 0 Å². The zero-order valence-corrected chi connectivity index (χ0v) is 13.2. The number of nitrogens with zero attached hydrogens (tertiary/aromatic N) is 1. The Morgan fingerprint density at radius 1 is 1.12 bits per heavy atom. The fourth-order valence-corrected chi connectivity index (χ4v) is 2.85. The van der Waals surface area contributed by atoms with Crippen molar-refractivity contribution in [2.75, 3.05) is 7.05 Å². The Bertz CT molecular complexity index is 741. The number of carbonyl (C=O) groups excluding carboxylic acids is 2. The molecule has 128 valence electrons. The van der Waals surface area contributed by atoms with E-state index in [1.807, 2.05) is 0 Å². The van der Waals surface area contributed by atoms with Crippen LogP contribution in [0.15, 0.2) is 36.4 Å². The van der Waals surface area contributed by atoms with Gasteiger partial charge in [-0.1, -0.05) is 12.1 Å². The van der Waals surface area contributed by atoms with E-state index < -0.39 is 17.6 Å². The number of rotatable bonds is 4. The van der Waals surface area contributed by atoms with Crippen molar-refractivity contribution >= 4 is 23.2 Å². The van der Waals surface area contributed by atoms with Crippen LogP contribution in [-0.2, 0) is 12.7 Å². The number of hydrogen-bond acceptors (Lipinski definition) is 4. The molecule has 0 saturated carbocycles. The van der Waals surface area contributed by atoms with Gasteiger partial charge in [0.05, 0.1) is 15.3 Å². The van der Waals surface area contributed by atoms with Gasteiger partial charge in [-0.05, 0) is 29.8 Å². The summed E-state index contributed by atoms with van der Waals surface area (Å²) in [6.45, 7) is 0.121. The van der Waals surface area contributed by atoms with E-state index in [-0.39, 0.29) is 22.2 Å². The number of carbonyl (C=O) groups is 2. The molecule has 1 aromatic heterocycles. The maximum Gasteiger partial charge on any atom is 0.416 e. The Hall–Kier alpha value is -2.39. The fourth-order valence-electron chi connectivity index (χ4n) is 1.96. The van der Waals surface area contributed by atoms with Gasteiger partial charge in [-0.25, -0.2) is 5.48 Å². The molecule has 2 aromatic rings. The monoisotopic (exact) mass is 358 g/mol. The van der Waals surface area contributed by atoms with Crippen LogP contribution in [-0.4, -0.2) is 29.0 Å². The number of nitrogens with one attached hydrogen (secondary N) is 1. The maximum absolute atomic E-state index is 12.5. The molecular weight excluding hydrogens is 345 g/mol. The molecule has 0 bridgehead atoms. The molecule has 1 heterocycles. The molecule has 5 nitrogen and oxygen atoms in total. The summed E-state index contributed by atoms with van der Waals surface area (Å²) in [5.74, 6) is -1.10. The summed E-state index contributed by atoms with van der Waals surface area (Å²) >= 11 is 0.906. The van der Waals surface area contributed by atoms with Gasteiger partial charge >= 0.3 is 6.18 Å². The van der Waals surface area contributed by atoms with E-state index in [0.29, 0.717) is 5.56 Å². The average Bonchev–Trinajstić information content (AvgIpc) is 3.03. The summed E-state index contributed by atoms with van der Waals surface area (Å²) in [5, 5.41) is 8.55. The van der Waals surface area contributed by atoms with Crippen molar-refractivity contribution in [2.24, 2.45) is 0 Å². The van der Waals surface area contributed by atoms with Gasteiger partial charge in [-0.3, -0.25) is 14.8 Å². The molecular formula is C15H13F3N2O3S. The lowest BCUT2D eigenvalue weighted by molar-refractivity contribution is -0.137. The molecule has 0 unspecified atom stereocenters. The maximum atomic E-state index is 12.5. The van der Waals surface area contributed by atoms with E-state index in [1.54, 1.807) is 0 Å². The van der Waals surface area contributed by atoms with Crippen molar-refractivity contribution in [1.82, 2.24) is 10.4 Å². The van der Waals surface area contributed by atoms with Gasteiger partial charge in [0.25, 0.3) is 11.8 Å². The predicted octanol–water partition coefficient (Wildman–Crippen LogP) is 3.16. The van der Waals surface area contributed by atoms with Gasteiger partial charge < -0.3 is 4.90 Å². The van der Waals surface area contributed by atoms with Crippen LogP contribution in [0.5, 0.6) is 0 Å². The highest BCUT2D eigenvalue weighted by molar-refractivity contribution is 7.15. The number of halogens is 3. The quantitative estimate of drug-likeness (QED) is 0.652. The zero-order chi connectivity index (χ0) is 17.9. The Labute approximate surface area is 139 Å². The first kappa shape index (κ1) is 18.0. The number of alkyl halides is 3. The van der Waals surface area contributed by atoms with Crippen LogP contribution in [0.4, 0.5) is 13.2 Å². The molecule has 0 spiro atoms. The van der Waals surface area contributed by atoms with Crippen molar-refractivity contribution in [2.45, 2.75) is 12.7 Å². The third-order valence-corrected chi connectivity index (χ3v) is 4.26. The smallest absolute Gasteiger partial charge is 0.337 e. The fraction of sp³-hybridized carbons (Fsp3) is 0.200. The SMILES string of the molecule is CN(Cc1ccc(C(F)(F)F)cc1)C(=O)c1ccc(C(=O)NO)s1. The van der Waals surface area contributed by atoms with Gasteiger partial charge in [0.2, 0.25) is 0 Å². The van der Waals surface area contributed by atoms with Crippen LogP contribution < -0.4 is 5.48 Å². The number of hydroxylamine groups is 1. The van der Waals surface area contributed by atoms with Crippen LogP contribution >= 0.6 is 11.3 Å². The summed E-state index contributed by atoms with van der Waals surface area (Å²) in [4.78, 5) is 25.3. The molecule has 2 N–H and O–H groups in total.